The number of hydrogen-bond acceptors (Lipinski definition) is 3. The van der Waals surface area contributed by atoms with Gasteiger partial charge in [0.1, 0.15) is 4.90 Å². The average molecular weight is 338 g/mol. The van der Waals surface area contributed by atoms with Crippen LogP contribution in [0.5, 0.6) is 0 Å². The molecule has 112 valence electrons. The van der Waals surface area contributed by atoms with Crippen molar-refractivity contribution in [3.05, 3.63) is 27.7 Å². The third-order valence-electron chi connectivity index (χ3n) is 3.80. The molecule has 1 saturated carbocycles. The maximum atomic E-state index is 12.3. The molecule has 0 aliphatic heterocycles. The highest BCUT2D eigenvalue weighted by Crippen LogP contribution is 2.51. The number of hydrogen-bond donors (Lipinski definition) is 2. The van der Waals surface area contributed by atoms with Gasteiger partial charge in [0.2, 0.25) is 10.0 Å². The Morgan fingerprint density at radius 3 is 2.45 bits per heavy atom. The Morgan fingerprint density at radius 1 is 1.35 bits per heavy atom. The lowest BCUT2D eigenvalue weighted by Crippen LogP contribution is -2.27. The van der Waals surface area contributed by atoms with Crippen LogP contribution in [0.3, 0.4) is 0 Å². The molecule has 1 aliphatic rings. The Labute approximate surface area is 129 Å². The van der Waals surface area contributed by atoms with Crippen molar-refractivity contribution >= 4 is 33.2 Å². The number of rotatable bonds is 5. The summed E-state index contributed by atoms with van der Waals surface area (Å²) in [7, 11) is -3.70. The predicted octanol–water partition coefficient (Wildman–Crippen LogP) is 2.81. The molecule has 1 aromatic carbocycles. The maximum absolute atomic E-state index is 12.3. The molecule has 2 N–H and O–H groups in total. The lowest BCUT2D eigenvalue weighted by Gasteiger charge is -2.11. The van der Waals surface area contributed by atoms with Gasteiger partial charge >= 0.3 is 0 Å². The fourth-order valence-electron chi connectivity index (χ4n) is 2.11. The van der Waals surface area contributed by atoms with Gasteiger partial charge in [0, 0.05) is 11.6 Å². The summed E-state index contributed by atoms with van der Waals surface area (Å²) >= 11 is 11.8. The smallest absolute Gasteiger partial charge is 0.242 e. The molecule has 20 heavy (non-hydrogen) atoms. The summed E-state index contributed by atoms with van der Waals surface area (Å²) in [5.74, 6) is 0.348. The third kappa shape index (κ3) is 3.28. The van der Waals surface area contributed by atoms with Crippen molar-refractivity contribution in [1.29, 1.82) is 0 Å². The van der Waals surface area contributed by atoms with Crippen LogP contribution >= 0.6 is 23.2 Å². The molecule has 2 rings (SSSR count). The van der Waals surface area contributed by atoms with Crippen molar-refractivity contribution in [2.24, 2.45) is 11.3 Å². The molecule has 1 atom stereocenters. The molecule has 7 heteroatoms. The first-order chi connectivity index (χ1) is 9.17. The molecule has 1 unspecified atom stereocenters. The van der Waals surface area contributed by atoms with Crippen LogP contribution in [0, 0.1) is 11.3 Å². The van der Waals surface area contributed by atoms with Gasteiger partial charge < -0.3 is 5.11 Å². The number of aliphatic hydroxyl groups excluding tert-OH is 1. The summed E-state index contributed by atoms with van der Waals surface area (Å²) < 4.78 is 27.1. The van der Waals surface area contributed by atoms with E-state index in [1.165, 1.54) is 12.1 Å². The molecule has 0 saturated heterocycles. The zero-order valence-electron chi connectivity index (χ0n) is 11.3. The van der Waals surface area contributed by atoms with E-state index in [4.69, 9.17) is 28.3 Å². The summed E-state index contributed by atoms with van der Waals surface area (Å²) in [6.45, 7) is 4.26. The molecule has 0 amide bonds. The highest BCUT2D eigenvalue weighted by atomic mass is 35.5. The first-order valence-corrected chi connectivity index (χ1v) is 8.50. The summed E-state index contributed by atoms with van der Waals surface area (Å²) in [5, 5.41) is 9.45. The van der Waals surface area contributed by atoms with Gasteiger partial charge in [0.15, 0.2) is 0 Å². The fraction of sp³-hybridized carbons (Fsp3) is 0.538. The highest BCUT2D eigenvalue weighted by Gasteiger charge is 2.45. The minimum Gasteiger partial charge on any atom is -0.392 e. The Morgan fingerprint density at radius 2 is 1.95 bits per heavy atom. The van der Waals surface area contributed by atoms with Gasteiger partial charge in [-0.05, 0) is 35.4 Å². The Kier molecular flexibility index (Phi) is 4.38. The second-order valence-electron chi connectivity index (χ2n) is 5.77. The molecule has 0 heterocycles. The minimum absolute atomic E-state index is 0.0499. The molecule has 1 aromatic rings. The van der Waals surface area contributed by atoms with E-state index in [9.17, 15) is 8.42 Å². The second-order valence-corrected chi connectivity index (χ2v) is 8.32. The molecule has 0 bridgehead atoms. The third-order valence-corrected chi connectivity index (χ3v) is 6.04. The zero-order chi connectivity index (χ0) is 15.1. The van der Waals surface area contributed by atoms with Gasteiger partial charge in [-0.2, -0.15) is 0 Å². The SMILES string of the molecule is CC1(C)CC1CNS(=O)(=O)c1cc(CO)c(Cl)cc1Cl. The van der Waals surface area contributed by atoms with Crippen molar-refractivity contribution in [3.63, 3.8) is 0 Å². The first-order valence-electron chi connectivity index (χ1n) is 6.26. The van der Waals surface area contributed by atoms with Gasteiger partial charge in [0.05, 0.1) is 11.6 Å². The van der Waals surface area contributed by atoms with E-state index in [2.05, 4.69) is 18.6 Å². The van der Waals surface area contributed by atoms with E-state index in [1.807, 2.05) is 0 Å². The van der Waals surface area contributed by atoms with Gasteiger partial charge in [-0.15, -0.1) is 0 Å². The molecule has 0 aromatic heterocycles. The number of nitrogens with one attached hydrogen (secondary N) is 1. The van der Waals surface area contributed by atoms with Crippen LogP contribution < -0.4 is 4.72 Å². The van der Waals surface area contributed by atoms with E-state index in [0.717, 1.165) is 6.42 Å². The van der Waals surface area contributed by atoms with Crippen molar-refractivity contribution < 1.29 is 13.5 Å². The molecule has 1 fully saturated rings. The van der Waals surface area contributed by atoms with Crippen molar-refractivity contribution in [2.75, 3.05) is 6.54 Å². The zero-order valence-corrected chi connectivity index (χ0v) is 13.6. The van der Waals surface area contributed by atoms with Crippen LogP contribution in [0.2, 0.25) is 10.0 Å². The van der Waals surface area contributed by atoms with E-state index in [0.29, 0.717) is 18.0 Å². The molecule has 1 aliphatic carbocycles. The molecule has 4 nitrogen and oxygen atoms in total. The highest BCUT2D eigenvalue weighted by molar-refractivity contribution is 7.89. The largest absolute Gasteiger partial charge is 0.392 e. The van der Waals surface area contributed by atoms with Crippen molar-refractivity contribution in [1.82, 2.24) is 4.72 Å². The first kappa shape index (κ1) is 16.0. The molecular weight excluding hydrogens is 321 g/mol. The van der Waals surface area contributed by atoms with Crippen LogP contribution in [-0.4, -0.2) is 20.1 Å². The van der Waals surface area contributed by atoms with Gasteiger partial charge in [-0.1, -0.05) is 37.0 Å². The molecule has 0 spiro atoms. The van der Waals surface area contributed by atoms with Crippen molar-refractivity contribution in [2.45, 2.75) is 31.8 Å². The quantitative estimate of drug-likeness (QED) is 0.868. The topological polar surface area (TPSA) is 66.4 Å². The Bertz CT molecular complexity index is 629. The van der Waals surface area contributed by atoms with Gasteiger partial charge in [-0.3, -0.25) is 0 Å². The molecule has 0 radical (unpaired) electrons. The van der Waals surface area contributed by atoms with Gasteiger partial charge in [-0.25, -0.2) is 13.1 Å². The normalized spacial score (nSPS) is 20.9. The lowest BCUT2D eigenvalue weighted by atomic mass is 10.1. The lowest BCUT2D eigenvalue weighted by molar-refractivity contribution is 0.281. The van der Waals surface area contributed by atoms with Crippen LogP contribution in [-0.2, 0) is 16.6 Å². The van der Waals surface area contributed by atoms with Gasteiger partial charge in [0.25, 0.3) is 0 Å². The van der Waals surface area contributed by atoms with Crippen LogP contribution in [0.1, 0.15) is 25.8 Å². The molecular formula is C13H17Cl2NO3S. The van der Waals surface area contributed by atoms with Crippen LogP contribution in [0.4, 0.5) is 0 Å². The van der Waals surface area contributed by atoms with Crippen LogP contribution in [0.15, 0.2) is 17.0 Å². The standard InChI is InChI=1S/C13H17Cl2NO3S/c1-13(2)5-9(13)6-16-20(18,19)12-3-8(7-17)10(14)4-11(12)15/h3-4,9,16-17H,5-7H2,1-2H3. The fourth-order valence-corrected chi connectivity index (χ4v) is 4.05. The number of benzene rings is 1. The number of sulfonamides is 1. The Balaban J connectivity index is 2.21. The van der Waals surface area contributed by atoms with E-state index in [-0.39, 0.29) is 27.0 Å². The monoisotopic (exact) mass is 337 g/mol. The summed E-state index contributed by atoms with van der Waals surface area (Å²) in [4.78, 5) is -0.0499. The van der Waals surface area contributed by atoms with E-state index in [1.54, 1.807) is 0 Å². The van der Waals surface area contributed by atoms with E-state index < -0.39 is 10.0 Å². The van der Waals surface area contributed by atoms with Crippen LogP contribution in [0.25, 0.3) is 0 Å². The second kappa shape index (κ2) is 5.46. The number of aliphatic hydroxyl groups is 1. The number of halogens is 2. The summed E-state index contributed by atoms with van der Waals surface area (Å²) in [5.41, 5.74) is 0.533. The minimum atomic E-state index is -3.70. The average Bonchev–Trinajstić information content (AvgIpc) is 2.95. The maximum Gasteiger partial charge on any atom is 0.242 e. The predicted molar refractivity (Wildman–Crippen MR) is 79.5 cm³/mol. The summed E-state index contributed by atoms with van der Waals surface area (Å²) in [6, 6.07) is 2.65. The summed E-state index contributed by atoms with van der Waals surface area (Å²) in [6.07, 6.45) is 1.01. The van der Waals surface area contributed by atoms with E-state index >= 15 is 0 Å². The Hall–Kier alpha value is -0.330. The van der Waals surface area contributed by atoms with Crippen molar-refractivity contribution in [3.8, 4) is 0 Å².